The Balaban J connectivity index is 1.80. The second-order valence-corrected chi connectivity index (χ2v) is 9.60. The van der Waals surface area contributed by atoms with E-state index in [0.29, 0.717) is 11.3 Å². The highest BCUT2D eigenvalue weighted by atomic mass is 19.1. The molecule has 3 aromatic carbocycles. The number of amides is 2. The Kier molecular flexibility index (Phi) is 6.17. The summed E-state index contributed by atoms with van der Waals surface area (Å²) in [6, 6.07) is 22.1. The first-order valence-corrected chi connectivity index (χ1v) is 11.3. The number of fused-ring (bicyclic) bond motifs is 1. The third-order valence-electron chi connectivity index (χ3n) is 5.76. The zero-order chi connectivity index (χ0) is 24.5. The largest absolute Gasteiger partial charge is 0.444 e. The van der Waals surface area contributed by atoms with Gasteiger partial charge in [-0.1, -0.05) is 78.4 Å². The fraction of sp³-hybridized carbons (Fsp3) is 0.286. The lowest BCUT2D eigenvalue weighted by Gasteiger charge is -2.32. The van der Waals surface area contributed by atoms with Crippen LogP contribution in [0.4, 0.5) is 14.9 Å². The molecule has 1 heterocycles. The molecule has 3 aromatic rings. The number of nitrogens with zero attached hydrogens (tertiary/aromatic N) is 1. The minimum Gasteiger partial charge on any atom is -0.444 e. The van der Waals surface area contributed by atoms with E-state index in [1.807, 2.05) is 43.3 Å². The van der Waals surface area contributed by atoms with Crippen molar-refractivity contribution >= 4 is 17.7 Å². The maximum Gasteiger partial charge on any atom is 0.408 e. The van der Waals surface area contributed by atoms with Crippen LogP contribution in [-0.2, 0) is 21.7 Å². The van der Waals surface area contributed by atoms with Gasteiger partial charge in [0.05, 0.1) is 12.2 Å². The maximum absolute atomic E-state index is 17.3. The number of benzene rings is 3. The van der Waals surface area contributed by atoms with Gasteiger partial charge in [-0.2, -0.15) is 0 Å². The van der Waals surface area contributed by atoms with Gasteiger partial charge in [0.25, 0.3) is 5.91 Å². The Morgan fingerprint density at radius 3 is 2.38 bits per heavy atom. The molecule has 1 aliphatic rings. The smallest absolute Gasteiger partial charge is 0.408 e. The molecule has 4 rings (SSSR count). The average molecular weight is 461 g/mol. The molecule has 0 unspecified atom stereocenters. The van der Waals surface area contributed by atoms with Crippen molar-refractivity contribution in [2.75, 3.05) is 4.90 Å². The second-order valence-electron chi connectivity index (χ2n) is 9.60. The summed E-state index contributed by atoms with van der Waals surface area (Å²) in [5, 5.41) is 2.67. The summed E-state index contributed by atoms with van der Waals surface area (Å²) in [4.78, 5) is 28.1. The summed E-state index contributed by atoms with van der Waals surface area (Å²) in [7, 11) is 0. The standard InChI is InChI=1S/C28H29FN2O3/c1-19-11-10-14-21(17-19)24(30-26(33)34-27(2,3)4)28(29)22-15-8-9-16-23(22)31(25(28)32)18-20-12-6-5-7-13-20/h5-17,24H,18H2,1-4H3,(H,30,33)/t24-,28-/m0/s1. The quantitative estimate of drug-likeness (QED) is 0.510. The van der Waals surface area contributed by atoms with Crippen LogP contribution in [0.3, 0.4) is 0 Å². The lowest BCUT2D eigenvalue weighted by molar-refractivity contribution is -0.131. The molecule has 5 nitrogen and oxygen atoms in total. The monoisotopic (exact) mass is 460 g/mol. The Hall–Kier alpha value is -3.67. The maximum atomic E-state index is 17.3. The van der Waals surface area contributed by atoms with Crippen molar-refractivity contribution in [3.05, 3.63) is 101 Å². The number of carbonyl (C=O) groups excluding carboxylic acids is 2. The molecule has 0 saturated heterocycles. The van der Waals surface area contributed by atoms with Crippen molar-refractivity contribution in [3.8, 4) is 0 Å². The van der Waals surface area contributed by atoms with Crippen molar-refractivity contribution in [3.63, 3.8) is 0 Å². The first-order chi connectivity index (χ1) is 16.1. The number of ether oxygens (including phenoxy) is 1. The number of para-hydroxylation sites is 1. The second kappa shape index (κ2) is 8.93. The molecule has 0 spiro atoms. The van der Waals surface area contributed by atoms with Gasteiger partial charge in [-0.05, 0) is 44.9 Å². The van der Waals surface area contributed by atoms with Gasteiger partial charge in [-0.25, -0.2) is 9.18 Å². The van der Waals surface area contributed by atoms with Gasteiger partial charge in [-0.3, -0.25) is 4.79 Å². The summed E-state index contributed by atoms with van der Waals surface area (Å²) < 4.78 is 22.7. The predicted molar refractivity (Wildman–Crippen MR) is 130 cm³/mol. The van der Waals surface area contributed by atoms with Crippen LogP contribution in [0.25, 0.3) is 0 Å². The molecule has 0 aromatic heterocycles. The van der Waals surface area contributed by atoms with Crippen molar-refractivity contribution in [2.45, 2.75) is 51.6 Å². The minimum absolute atomic E-state index is 0.218. The van der Waals surface area contributed by atoms with E-state index in [0.717, 1.165) is 11.1 Å². The first kappa shape index (κ1) is 23.5. The number of alkyl halides is 1. The number of anilines is 1. The third kappa shape index (κ3) is 4.53. The SMILES string of the molecule is Cc1cccc([C@H](NC(=O)OC(C)(C)C)[C@]2(F)C(=O)N(Cc3ccccc3)c3ccccc32)c1. The van der Waals surface area contributed by atoms with Gasteiger partial charge in [0, 0.05) is 5.56 Å². The van der Waals surface area contributed by atoms with Crippen LogP contribution in [0, 0.1) is 6.92 Å². The van der Waals surface area contributed by atoms with E-state index < -0.39 is 29.3 Å². The van der Waals surface area contributed by atoms with Crippen molar-refractivity contribution in [1.82, 2.24) is 5.32 Å². The summed E-state index contributed by atoms with van der Waals surface area (Å²) in [6.45, 7) is 7.30. The molecule has 176 valence electrons. The lowest BCUT2D eigenvalue weighted by atomic mass is 9.84. The summed E-state index contributed by atoms with van der Waals surface area (Å²) >= 11 is 0. The number of hydrogen-bond donors (Lipinski definition) is 1. The number of halogens is 1. The molecule has 1 aliphatic heterocycles. The highest BCUT2D eigenvalue weighted by Gasteiger charge is 2.58. The molecule has 2 amide bonds. The molecule has 0 aliphatic carbocycles. The number of rotatable bonds is 5. The van der Waals surface area contributed by atoms with E-state index in [4.69, 9.17) is 4.74 Å². The average Bonchev–Trinajstić information content (AvgIpc) is 3.00. The van der Waals surface area contributed by atoms with Gasteiger partial charge in [0.2, 0.25) is 5.67 Å². The molecule has 0 bridgehead atoms. The van der Waals surface area contributed by atoms with Gasteiger partial charge in [0.1, 0.15) is 11.6 Å². The van der Waals surface area contributed by atoms with E-state index in [9.17, 15) is 9.59 Å². The van der Waals surface area contributed by atoms with Gasteiger partial charge >= 0.3 is 6.09 Å². The fourth-order valence-electron chi connectivity index (χ4n) is 4.33. The molecule has 2 atom stereocenters. The van der Waals surface area contributed by atoms with Crippen molar-refractivity contribution in [1.29, 1.82) is 0 Å². The van der Waals surface area contributed by atoms with Gasteiger partial charge in [-0.15, -0.1) is 0 Å². The van der Waals surface area contributed by atoms with E-state index in [-0.39, 0.29) is 12.1 Å². The Labute approximate surface area is 199 Å². The third-order valence-corrected chi connectivity index (χ3v) is 5.76. The van der Waals surface area contributed by atoms with Crippen LogP contribution >= 0.6 is 0 Å². The fourth-order valence-corrected chi connectivity index (χ4v) is 4.33. The van der Waals surface area contributed by atoms with E-state index in [2.05, 4.69) is 5.32 Å². The van der Waals surface area contributed by atoms with E-state index in [1.54, 1.807) is 63.2 Å². The normalized spacial score (nSPS) is 18.4. The van der Waals surface area contributed by atoms with E-state index in [1.165, 1.54) is 4.90 Å². The van der Waals surface area contributed by atoms with Crippen molar-refractivity contribution < 1.29 is 18.7 Å². The predicted octanol–water partition coefficient (Wildman–Crippen LogP) is 5.97. The van der Waals surface area contributed by atoms with Crippen LogP contribution in [0.15, 0.2) is 78.9 Å². The number of carbonyl (C=O) groups is 2. The van der Waals surface area contributed by atoms with Crippen molar-refractivity contribution in [2.24, 2.45) is 0 Å². The number of alkyl carbamates (subject to hydrolysis) is 1. The number of aryl methyl sites for hydroxylation is 1. The Bertz CT molecular complexity index is 1210. The van der Waals surface area contributed by atoms with Crippen LogP contribution in [0.5, 0.6) is 0 Å². The van der Waals surface area contributed by atoms with Gasteiger partial charge in [0.15, 0.2) is 0 Å². The van der Waals surface area contributed by atoms with Crippen LogP contribution < -0.4 is 10.2 Å². The zero-order valence-electron chi connectivity index (χ0n) is 19.8. The number of hydrogen-bond acceptors (Lipinski definition) is 3. The Morgan fingerprint density at radius 1 is 1.03 bits per heavy atom. The Morgan fingerprint density at radius 2 is 1.71 bits per heavy atom. The minimum atomic E-state index is -2.52. The molecule has 0 radical (unpaired) electrons. The molecule has 0 saturated carbocycles. The summed E-state index contributed by atoms with van der Waals surface area (Å²) in [6.07, 6.45) is -0.789. The zero-order valence-corrected chi connectivity index (χ0v) is 19.8. The highest BCUT2D eigenvalue weighted by molar-refractivity contribution is 6.07. The van der Waals surface area contributed by atoms with Crippen LogP contribution in [0.1, 0.15) is 49.1 Å². The first-order valence-electron chi connectivity index (χ1n) is 11.3. The summed E-state index contributed by atoms with van der Waals surface area (Å²) in [5.41, 5.74) is -0.337. The molecular formula is C28H29FN2O3. The summed E-state index contributed by atoms with van der Waals surface area (Å²) in [5.74, 6) is -0.722. The molecule has 1 N–H and O–H groups in total. The molecule has 0 fully saturated rings. The topological polar surface area (TPSA) is 58.6 Å². The van der Waals surface area contributed by atoms with Crippen LogP contribution in [-0.4, -0.2) is 17.6 Å². The number of nitrogens with one attached hydrogen (secondary N) is 1. The molecular weight excluding hydrogens is 431 g/mol. The lowest BCUT2D eigenvalue weighted by Crippen LogP contribution is -2.48. The highest BCUT2D eigenvalue weighted by Crippen LogP contribution is 2.50. The van der Waals surface area contributed by atoms with E-state index >= 15 is 4.39 Å². The van der Waals surface area contributed by atoms with Gasteiger partial charge < -0.3 is 15.0 Å². The van der Waals surface area contributed by atoms with Crippen LogP contribution in [0.2, 0.25) is 0 Å². The molecule has 34 heavy (non-hydrogen) atoms. The molecule has 6 heteroatoms.